The maximum absolute atomic E-state index is 13.9. The Labute approximate surface area is 157 Å². The van der Waals surface area contributed by atoms with Gasteiger partial charge in [0.25, 0.3) is 0 Å². The molecule has 0 aliphatic heterocycles. The van der Waals surface area contributed by atoms with Gasteiger partial charge in [0.15, 0.2) is 15.3 Å². The Morgan fingerprint density at radius 3 is 2.31 bits per heavy atom. The van der Waals surface area contributed by atoms with Crippen molar-refractivity contribution < 1.29 is 13.2 Å². The zero-order valence-corrected chi connectivity index (χ0v) is 15.2. The van der Waals surface area contributed by atoms with Gasteiger partial charge >= 0.3 is 0 Å². The van der Waals surface area contributed by atoms with Crippen molar-refractivity contribution in [1.82, 2.24) is 0 Å². The molecule has 4 nitrogen and oxygen atoms in total. The van der Waals surface area contributed by atoms with Gasteiger partial charge in [-0.15, -0.1) is 0 Å². The lowest BCUT2D eigenvalue weighted by Gasteiger charge is -2.16. The van der Waals surface area contributed by atoms with Crippen LogP contribution in [0.25, 0.3) is 0 Å². The Morgan fingerprint density at radius 2 is 1.62 bits per heavy atom. The fourth-order valence-electron chi connectivity index (χ4n) is 2.35. The molecule has 0 bridgehead atoms. The third kappa shape index (κ3) is 4.40. The van der Waals surface area contributed by atoms with Gasteiger partial charge in [-0.1, -0.05) is 46.1 Å². The first kappa shape index (κ1) is 18.4. The first-order valence-corrected chi connectivity index (χ1v) is 9.66. The van der Waals surface area contributed by atoms with E-state index in [4.69, 9.17) is 11.6 Å². The third-order valence-electron chi connectivity index (χ3n) is 3.71. The van der Waals surface area contributed by atoms with E-state index in [1.165, 1.54) is 18.2 Å². The molecule has 3 aromatic carbocycles. The lowest BCUT2D eigenvalue weighted by atomic mass is 10.2. The van der Waals surface area contributed by atoms with E-state index in [1.807, 2.05) is 0 Å². The van der Waals surface area contributed by atoms with Crippen LogP contribution < -0.4 is 10.0 Å². The number of benzene rings is 3. The standard InChI is InChI=1S/C19H16ClFN2O2S/c20-18-8-4-5-14(19(18)21)13-22-15-9-11-17(12-10-15)26(24,25)23-16-6-2-1-3-7-16/h1-12,22H,13H2,(H-,23,24,25). The Bertz CT molecular complexity index is 936. The van der Waals surface area contributed by atoms with E-state index in [0.717, 1.165) is 0 Å². The fourth-order valence-corrected chi connectivity index (χ4v) is 3.61. The summed E-state index contributed by atoms with van der Waals surface area (Å²) in [7, 11) is -3.66. The van der Waals surface area contributed by atoms with Gasteiger partial charge in [0.05, 0.1) is 10.7 Å². The van der Waals surface area contributed by atoms with Gasteiger partial charge in [0.1, 0.15) is 5.82 Å². The van der Waals surface area contributed by atoms with E-state index in [-0.39, 0.29) is 16.5 Å². The summed E-state index contributed by atoms with van der Waals surface area (Å²) in [5, 5.41) is 3.11. The van der Waals surface area contributed by atoms with Crippen LogP contribution >= 0.6 is 11.6 Å². The molecule has 0 aliphatic carbocycles. The van der Waals surface area contributed by atoms with Gasteiger partial charge in [-0.3, -0.25) is 0 Å². The van der Waals surface area contributed by atoms with Crippen molar-refractivity contribution in [2.45, 2.75) is 11.4 Å². The molecule has 0 radical (unpaired) electrons. The minimum Gasteiger partial charge on any atom is -0.588 e. The monoisotopic (exact) mass is 390 g/mol. The number of para-hydroxylation sites is 1. The van der Waals surface area contributed by atoms with E-state index in [0.29, 0.717) is 16.9 Å². The van der Waals surface area contributed by atoms with Gasteiger partial charge in [-0.2, -0.15) is 0 Å². The van der Waals surface area contributed by atoms with Crippen molar-refractivity contribution in [3.63, 3.8) is 0 Å². The lowest BCUT2D eigenvalue weighted by Crippen LogP contribution is -2.20. The normalized spacial score (nSPS) is 13.0. The highest BCUT2D eigenvalue weighted by atomic mass is 35.5. The highest BCUT2D eigenvalue weighted by Crippen LogP contribution is 2.23. The summed E-state index contributed by atoms with van der Waals surface area (Å²) in [4.78, 5) is 0.140. The van der Waals surface area contributed by atoms with Gasteiger partial charge in [-0.05, 0) is 42.5 Å². The SMILES string of the molecule is O=[S+]([O-])(Nc1ccccc1)c1ccc(NCc2cccc(Cl)c2F)cc1. The van der Waals surface area contributed by atoms with E-state index >= 15 is 0 Å². The maximum Gasteiger partial charge on any atom is 0.180 e. The average Bonchev–Trinajstić information content (AvgIpc) is 2.64. The fraction of sp³-hybridized carbons (Fsp3) is 0.0526. The van der Waals surface area contributed by atoms with Crippen LogP contribution in [0.3, 0.4) is 0 Å². The molecule has 3 aromatic rings. The largest absolute Gasteiger partial charge is 0.588 e. The molecule has 134 valence electrons. The van der Waals surface area contributed by atoms with E-state index in [2.05, 4.69) is 10.0 Å². The number of hydrogen-bond acceptors (Lipinski definition) is 3. The van der Waals surface area contributed by atoms with Crippen molar-refractivity contribution in [1.29, 1.82) is 0 Å². The maximum atomic E-state index is 13.9. The Kier molecular flexibility index (Phi) is 5.56. The van der Waals surface area contributed by atoms with Gasteiger partial charge in [0.2, 0.25) is 0 Å². The van der Waals surface area contributed by atoms with Gasteiger partial charge in [0, 0.05) is 17.8 Å². The topological polar surface area (TPSA) is 64.2 Å². The second kappa shape index (κ2) is 7.86. The van der Waals surface area contributed by atoms with E-state index in [9.17, 15) is 13.2 Å². The molecule has 26 heavy (non-hydrogen) atoms. The number of sulfonamides is 1. The molecule has 0 spiro atoms. The number of rotatable bonds is 6. The molecular formula is C19H16ClFN2O2S. The summed E-state index contributed by atoms with van der Waals surface area (Å²) >= 11 is 5.76. The lowest BCUT2D eigenvalue weighted by molar-refractivity contribution is 0.483. The molecule has 0 amide bonds. The van der Waals surface area contributed by atoms with E-state index in [1.54, 1.807) is 54.6 Å². The van der Waals surface area contributed by atoms with Crippen LogP contribution in [0.1, 0.15) is 5.56 Å². The average molecular weight is 391 g/mol. The summed E-state index contributed by atoms with van der Waals surface area (Å²) in [5.74, 6) is -0.465. The van der Waals surface area contributed by atoms with Gasteiger partial charge < -0.3 is 9.87 Å². The Balaban J connectivity index is 1.68. The Hall–Kier alpha value is -2.41. The van der Waals surface area contributed by atoms with Crippen molar-refractivity contribution in [3.8, 4) is 0 Å². The quantitative estimate of drug-likeness (QED) is 0.575. The van der Waals surface area contributed by atoms with Crippen LogP contribution in [-0.4, -0.2) is 4.55 Å². The number of nitrogens with one attached hydrogen (secondary N) is 2. The highest BCUT2D eigenvalue weighted by Gasteiger charge is 2.19. The predicted molar refractivity (Wildman–Crippen MR) is 102 cm³/mol. The number of hydrogen-bond donors (Lipinski definition) is 2. The first-order chi connectivity index (χ1) is 12.5. The third-order valence-corrected chi connectivity index (χ3v) is 5.39. The summed E-state index contributed by atoms with van der Waals surface area (Å²) in [5.41, 5.74) is 1.59. The molecule has 1 unspecified atom stereocenters. The number of halogens is 2. The zero-order valence-electron chi connectivity index (χ0n) is 13.6. The summed E-state index contributed by atoms with van der Waals surface area (Å²) < 4.78 is 41.1. The second-order valence-electron chi connectivity index (χ2n) is 5.56. The zero-order chi connectivity index (χ0) is 18.6. The smallest absolute Gasteiger partial charge is 0.180 e. The molecule has 0 aliphatic rings. The molecule has 0 saturated heterocycles. The van der Waals surface area contributed by atoms with Crippen LogP contribution in [0.4, 0.5) is 15.8 Å². The summed E-state index contributed by atoms with van der Waals surface area (Å²) in [6.07, 6.45) is 0. The van der Waals surface area contributed by atoms with Crippen LogP contribution in [0.15, 0.2) is 77.7 Å². The molecule has 0 aromatic heterocycles. The molecule has 1 atom stereocenters. The predicted octanol–water partition coefficient (Wildman–Crippen LogP) is 5.11. The second-order valence-corrected chi connectivity index (χ2v) is 7.65. The minimum atomic E-state index is -3.66. The molecule has 7 heteroatoms. The first-order valence-electron chi connectivity index (χ1n) is 7.80. The molecule has 2 N–H and O–H groups in total. The summed E-state index contributed by atoms with van der Waals surface area (Å²) in [6.45, 7) is 0.237. The summed E-state index contributed by atoms with van der Waals surface area (Å²) in [6, 6.07) is 19.7. The highest BCUT2D eigenvalue weighted by molar-refractivity contribution is 7.98. The van der Waals surface area contributed by atoms with Crippen LogP contribution in [0.5, 0.6) is 0 Å². The van der Waals surface area contributed by atoms with Gasteiger partial charge in [-0.25, -0.2) is 9.11 Å². The molecule has 0 heterocycles. The molecule has 3 rings (SSSR count). The Morgan fingerprint density at radius 1 is 0.923 bits per heavy atom. The van der Waals surface area contributed by atoms with Crippen LogP contribution in [-0.2, 0) is 21.2 Å². The van der Waals surface area contributed by atoms with Crippen LogP contribution in [0.2, 0.25) is 5.02 Å². The molecule has 0 fully saturated rings. The van der Waals surface area contributed by atoms with Crippen LogP contribution in [0, 0.1) is 5.82 Å². The van der Waals surface area contributed by atoms with Crippen molar-refractivity contribution >= 4 is 33.4 Å². The minimum absolute atomic E-state index is 0.0673. The van der Waals surface area contributed by atoms with Crippen molar-refractivity contribution in [2.24, 2.45) is 0 Å². The number of anilines is 2. The van der Waals surface area contributed by atoms with Crippen molar-refractivity contribution in [2.75, 3.05) is 10.0 Å². The van der Waals surface area contributed by atoms with E-state index < -0.39 is 16.2 Å². The van der Waals surface area contributed by atoms with Crippen molar-refractivity contribution in [3.05, 3.63) is 89.2 Å². The molecule has 0 saturated carbocycles. The molecular weight excluding hydrogens is 375 g/mol.